The van der Waals surface area contributed by atoms with Crippen LogP contribution in [0, 0.1) is 0 Å². The molecule has 2 unspecified atom stereocenters. The van der Waals surface area contributed by atoms with Crippen molar-refractivity contribution in [1.29, 1.82) is 0 Å². The SMILES string of the molecule is OCC1(Nc2ccc(Br)cc2)CCN2CCCC21. The molecular weight excluding hydrogens is 292 g/mol. The minimum atomic E-state index is -0.148. The average molecular weight is 311 g/mol. The molecule has 1 aromatic rings. The Bertz CT molecular complexity index is 422. The number of nitrogens with zero attached hydrogens (tertiary/aromatic N) is 1. The fourth-order valence-corrected chi connectivity index (χ4v) is 3.68. The summed E-state index contributed by atoms with van der Waals surface area (Å²) in [5, 5.41) is 13.5. The zero-order valence-electron chi connectivity index (χ0n) is 10.4. The van der Waals surface area contributed by atoms with Crippen LogP contribution in [0.5, 0.6) is 0 Å². The molecule has 2 fully saturated rings. The molecule has 0 radical (unpaired) electrons. The highest BCUT2D eigenvalue weighted by Crippen LogP contribution is 2.38. The Morgan fingerprint density at radius 2 is 2.11 bits per heavy atom. The fourth-order valence-electron chi connectivity index (χ4n) is 3.42. The van der Waals surface area contributed by atoms with E-state index in [0.29, 0.717) is 6.04 Å². The van der Waals surface area contributed by atoms with Gasteiger partial charge in [-0.2, -0.15) is 0 Å². The van der Waals surface area contributed by atoms with Crippen molar-refractivity contribution in [1.82, 2.24) is 4.90 Å². The van der Waals surface area contributed by atoms with Crippen molar-refractivity contribution < 1.29 is 5.11 Å². The van der Waals surface area contributed by atoms with Crippen molar-refractivity contribution in [2.24, 2.45) is 0 Å². The first-order chi connectivity index (χ1) is 8.73. The van der Waals surface area contributed by atoms with Crippen LogP contribution < -0.4 is 5.32 Å². The predicted molar refractivity (Wildman–Crippen MR) is 76.8 cm³/mol. The number of benzene rings is 1. The van der Waals surface area contributed by atoms with Gasteiger partial charge in [-0.25, -0.2) is 0 Å². The van der Waals surface area contributed by atoms with E-state index in [-0.39, 0.29) is 12.1 Å². The second-order valence-corrected chi connectivity index (χ2v) is 6.31. The number of rotatable bonds is 3. The molecule has 3 nitrogen and oxygen atoms in total. The minimum absolute atomic E-state index is 0.148. The molecule has 2 aliphatic rings. The molecule has 3 rings (SSSR count). The molecule has 2 saturated heterocycles. The van der Waals surface area contributed by atoms with E-state index in [1.165, 1.54) is 19.4 Å². The Morgan fingerprint density at radius 3 is 2.83 bits per heavy atom. The summed E-state index contributed by atoms with van der Waals surface area (Å²) in [6.07, 6.45) is 3.49. The summed E-state index contributed by atoms with van der Waals surface area (Å²) in [6, 6.07) is 8.70. The number of aliphatic hydroxyl groups is 1. The Morgan fingerprint density at radius 1 is 1.33 bits per heavy atom. The molecule has 0 amide bonds. The zero-order valence-corrected chi connectivity index (χ0v) is 12.0. The lowest BCUT2D eigenvalue weighted by Crippen LogP contribution is -2.50. The number of fused-ring (bicyclic) bond motifs is 1. The Labute approximate surface area is 116 Å². The number of anilines is 1. The summed E-state index contributed by atoms with van der Waals surface area (Å²) in [7, 11) is 0. The van der Waals surface area contributed by atoms with E-state index >= 15 is 0 Å². The first-order valence-electron chi connectivity index (χ1n) is 6.62. The molecule has 2 aliphatic heterocycles. The molecule has 1 aromatic carbocycles. The van der Waals surface area contributed by atoms with Gasteiger partial charge in [0.15, 0.2) is 0 Å². The third-order valence-corrected chi connectivity index (χ3v) is 4.89. The van der Waals surface area contributed by atoms with Crippen LogP contribution in [-0.2, 0) is 0 Å². The van der Waals surface area contributed by atoms with Crippen LogP contribution >= 0.6 is 15.9 Å². The average Bonchev–Trinajstić information content (AvgIpc) is 2.96. The topological polar surface area (TPSA) is 35.5 Å². The van der Waals surface area contributed by atoms with E-state index in [9.17, 15) is 5.11 Å². The predicted octanol–water partition coefficient (Wildman–Crippen LogP) is 2.46. The fraction of sp³-hybridized carbons (Fsp3) is 0.571. The largest absolute Gasteiger partial charge is 0.394 e. The number of hydrogen-bond donors (Lipinski definition) is 2. The van der Waals surface area contributed by atoms with Gasteiger partial charge in [-0.1, -0.05) is 15.9 Å². The molecule has 18 heavy (non-hydrogen) atoms. The third kappa shape index (κ3) is 2.06. The van der Waals surface area contributed by atoms with Gasteiger partial charge in [0, 0.05) is 22.7 Å². The molecule has 0 aromatic heterocycles. The summed E-state index contributed by atoms with van der Waals surface area (Å²) in [5.41, 5.74) is 0.950. The number of halogens is 1. The van der Waals surface area contributed by atoms with Gasteiger partial charge in [0.05, 0.1) is 12.1 Å². The number of hydrogen-bond acceptors (Lipinski definition) is 3. The van der Waals surface area contributed by atoms with Gasteiger partial charge in [0.1, 0.15) is 0 Å². The molecule has 2 atom stereocenters. The van der Waals surface area contributed by atoms with Gasteiger partial charge in [-0.05, 0) is 50.1 Å². The quantitative estimate of drug-likeness (QED) is 0.900. The van der Waals surface area contributed by atoms with Crippen LogP contribution in [0.4, 0.5) is 5.69 Å². The molecule has 4 heteroatoms. The van der Waals surface area contributed by atoms with Crippen LogP contribution in [-0.4, -0.2) is 41.3 Å². The van der Waals surface area contributed by atoms with Crippen molar-refractivity contribution >= 4 is 21.6 Å². The van der Waals surface area contributed by atoms with Gasteiger partial charge in [0.25, 0.3) is 0 Å². The summed E-state index contributed by atoms with van der Waals surface area (Å²) < 4.78 is 1.08. The van der Waals surface area contributed by atoms with E-state index < -0.39 is 0 Å². The van der Waals surface area contributed by atoms with Crippen LogP contribution in [0.15, 0.2) is 28.7 Å². The van der Waals surface area contributed by atoms with E-state index in [1.54, 1.807) is 0 Å². The molecular formula is C14H19BrN2O. The summed E-state index contributed by atoms with van der Waals surface area (Å²) in [6.45, 7) is 2.51. The highest BCUT2D eigenvalue weighted by Gasteiger charge is 2.48. The van der Waals surface area contributed by atoms with E-state index in [2.05, 4.69) is 38.3 Å². The number of aliphatic hydroxyl groups excluding tert-OH is 1. The van der Waals surface area contributed by atoms with Crippen LogP contribution in [0.3, 0.4) is 0 Å². The van der Waals surface area contributed by atoms with Crippen molar-refractivity contribution in [2.75, 3.05) is 25.0 Å². The normalized spacial score (nSPS) is 31.6. The van der Waals surface area contributed by atoms with Crippen molar-refractivity contribution in [2.45, 2.75) is 30.8 Å². The van der Waals surface area contributed by atoms with Crippen LogP contribution in [0.2, 0.25) is 0 Å². The maximum Gasteiger partial charge on any atom is 0.0770 e. The highest BCUT2D eigenvalue weighted by atomic mass is 79.9. The van der Waals surface area contributed by atoms with Crippen molar-refractivity contribution in [3.05, 3.63) is 28.7 Å². The molecule has 0 bridgehead atoms. The molecule has 2 N–H and O–H groups in total. The first-order valence-corrected chi connectivity index (χ1v) is 7.41. The van der Waals surface area contributed by atoms with E-state index in [4.69, 9.17) is 0 Å². The monoisotopic (exact) mass is 310 g/mol. The Hall–Kier alpha value is -0.580. The maximum absolute atomic E-state index is 9.88. The Kier molecular flexibility index (Phi) is 3.34. The molecule has 2 heterocycles. The van der Waals surface area contributed by atoms with Gasteiger partial charge >= 0.3 is 0 Å². The molecule has 98 valence electrons. The molecule has 0 saturated carbocycles. The standard InChI is InChI=1S/C14H19BrN2O/c15-11-3-5-12(6-4-11)16-14(10-18)7-9-17-8-1-2-13(14)17/h3-6,13,16,18H,1-2,7-10H2. The second kappa shape index (κ2) is 4.83. The van der Waals surface area contributed by atoms with Gasteiger partial charge in [-0.3, -0.25) is 4.90 Å². The van der Waals surface area contributed by atoms with E-state index in [1.807, 2.05) is 12.1 Å². The van der Waals surface area contributed by atoms with Crippen molar-refractivity contribution in [3.63, 3.8) is 0 Å². The lowest BCUT2D eigenvalue weighted by molar-refractivity contribution is 0.175. The van der Waals surface area contributed by atoms with E-state index in [0.717, 1.165) is 23.1 Å². The summed E-state index contributed by atoms with van der Waals surface area (Å²) >= 11 is 3.45. The summed E-state index contributed by atoms with van der Waals surface area (Å²) in [4.78, 5) is 2.52. The second-order valence-electron chi connectivity index (χ2n) is 5.39. The maximum atomic E-state index is 9.88. The van der Waals surface area contributed by atoms with Crippen LogP contribution in [0.25, 0.3) is 0 Å². The van der Waals surface area contributed by atoms with Gasteiger partial charge in [-0.15, -0.1) is 0 Å². The summed E-state index contributed by atoms with van der Waals surface area (Å²) in [5.74, 6) is 0. The Balaban J connectivity index is 1.82. The molecule has 0 aliphatic carbocycles. The smallest absolute Gasteiger partial charge is 0.0770 e. The zero-order chi connectivity index (χ0) is 12.6. The lowest BCUT2D eigenvalue weighted by Gasteiger charge is -2.35. The minimum Gasteiger partial charge on any atom is -0.394 e. The third-order valence-electron chi connectivity index (χ3n) is 4.37. The highest BCUT2D eigenvalue weighted by molar-refractivity contribution is 9.10. The number of nitrogens with one attached hydrogen (secondary N) is 1. The van der Waals surface area contributed by atoms with Gasteiger partial charge in [0.2, 0.25) is 0 Å². The van der Waals surface area contributed by atoms with Crippen molar-refractivity contribution in [3.8, 4) is 0 Å². The lowest BCUT2D eigenvalue weighted by atomic mass is 9.89. The van der Waals surface area contributed by atoms with Gasteiger partial charge < -0.3 is 10.4 Å². The first kappa shape index (κ1) is 12.5. The molecule has 0 spiro atoms. The van der Waals surface area contributed by atoms with Crippen LogP contribution in [0.1, 0.15) is 19.3 Å².